The van der Waals surface area contributed by atoms with Crippen molar-refractivity contribution in [3.63, 3.8) is 0 Å². The van der Waals surface area contributed by atoms with Crippen LogP contribution in [0.4, 0.5) is 11.4 Å². The lowest BCUT2D eigenvalue weighted by molar-refractivity contribution is 0.415. The highest BCUT2D eigenvalue weighted by atomic mass is 16.5. The van der Waals surface area contributed by atoms with Crippen LogP contribution < -0.4 is 15.8 Å². The van der Waals surface area contributed by atoms with Gasteiger partial charge in [-0.15, -0.1) is 0 Å². The van der Waals surface area contributed by atoms with Crippen molar-refractivity contribution in [3.05, 3.63) is 47.8 Å². The Bertz CT molecular complexity index is 555. The number of rotatable bonds is 5. The van der Waals surface area contributed by atoms with E-state index in [1.165, 1.54) is 5.56 Å². The van der Waals surface area contributed by atoms with Gasteiger partial charge < -0.3 is 15.8 Å². The van der Waals surface area contributed by atoms with Crippen molar-refractivity contribution in [2.24, 2.45) is 0 Å². The average Bonchev–Trinajstić information content (AvgIpc) is 2.46. The molecule has 0 saturated heterocycles. The third-order valence-corrected chi connectivity index (χ3v) is 3.07. The van der Waals surface area contributed by atoms with Gasteiger partial charge in [-0.05, 0) is 30.2 Å². The number of benzene rings is 1. The molecule has 1 heterocycles. The van der Waals surface area contributed by atoms with Crippen LogP contribution >= 0.6 is 0 Å². The Morgan fingerprint density at radius 2 is 2.16 bits per heavy atom. The molecule has 0 atom stereocenters. The number of ether oxygens (including phenoxy) is 1. The van der Waals surface area contributed by atoms with E-state index in [1.807, 2.05) is 30.5 Å². The molecule has 0 saturated carbocycles. The molecule has 1 aromatic carbocycles. The zero-order valence-corrected chi connectivity index (χ0v) is 11.3. The Morgan fingerprint density at radius 3 is 2.89 bits per heavy atom. The minimum atomic E-state index is 0.654. The molecule has 0 fully saturated rings. The predicted octanol–water partition coefficient (Wildman–Crippen LogP) is 2.85. The summed E-state index contributed by atoms with van der Waals surface area (Å²) in [5.41, 5.74) is 9.81. The van der Waals surface area contributed by atoms with Gasteiger partial charge in [-0.1, -0.05) is 13.0 Å². The van der Waals surface area contributed by atoms with Crippen LogP contribution in [0.15, 0.2) is 36.5 Å². The van der Waals surface area contributed by atoms with Gasteiger partial charge in [-0.3, -0.25) is 4.98 Å². The van der Waals surface area contributed by atoms with Gasteiger partial charge in [0.25, 0.3) is 0 Å². The van der Waals surface area contributed by atoms with Gasteiger partial charge in [0, 0.05) is 12.3 Å². The maximum atomic E-state index is 5.94. The molecule has 0 spiro atoms. The van der Waals surface area contributed by atoms with Crippen molar-refractivity contribution in [2.75, 3.05) is 18.2 Å². The second kappa shape index (κ2) is 6.09. The smallest absolute Gasteiger partial charge is 0.121 e. The summed E-state index contributed by atoms with van der Waals surface area (Å²) in [5, 5.41) is 3.31. The Hall–Kier alpha value is -2.23. The quantitative estimate of drug-likeness (QED) is 0.809. The maximum absolute atomic E-state index is 5.94. The van der Waals surface area contributed by atoms with Crippen LogP contribution in [-0.2, 0) is 13.0 Å². The number of aromatic nitrogens is 1. The number of nitrogens with one attached hydrogen (secondary N) is 1. The average molecular weight is 257 g/mol. The highest BCUT2D eigenvalue weighted by Crippen LogP contribution is 2.25. The van der Waals surface area contributed by atoms with E-state index < -0.39 is 0 Å². The number of hydrogen-bond donors (Lipinski definition) is 2. The molecule has 4 nitrogen and oxygen atoms in total. The number of methoxy groups -OCH3 is 1. The summed E-state index contributed by atoms with van der Waals surface area (Å²) >= 11 is 0. The first-order chi connectivity index (χ1) is 9.24. The van der Waals surface area contributed by atoms with Gasteiger partial charge in [0.2, 0.25) is 0 Å². The fourth-order valence-electron chi connectivity index (χ4n) is 1.95. The van der Waals surface area contributed by atoms with Crippen LogP contribution in [0, 0.1) is 0 Å². The third kappa shape index (κ3) is 3.16. The van der Waals surface area contributed by atoms with Crippen molar-refractivity contribution >= 4 is 11.4 Å². The van der Waals surface area contributed by atoms with E-state index in [0.717, 1.165) is 23.6 Å². The molecular weight excluding hydrogens is 238 g/mol. The van der Waals surface area contributed by atoms with Crippen LogP contribution in [0.3, 0.4) is 0 Å². The standard InChI is InChI=1S/C15H19N3O/c1-3-11-5-4-8-17-15(11)10-18-14-9-12(19-2)6-7-13(14)16/h4-9,18H,3,10,16H2,1-2H3. The Labute approximate surface area is 113 Å². The van der Waals surface area contributed by atoms with Crippen LogP contribution in [0.2, 0.25) is 0 Å². The van der Waals surface area contributed by atoms with Crippen molar-refractivity contribution in [1.29, 1.82) is 0 Å². The number of aryl methyl sites for hydroxylation is 1. The number of anilines is 2. The summed E-state index contributed by atoms with van der Waals surface area (Å²) in [7, 11) is 1.64. The van der Waals surface area contributed by atoms with E-state index in [4.69, 9.17) is 10.5 Å². The van der Waals surface area contributed by atoms with Crippen molar-refractivity contribution in [3.8, 4) is 5.75 Å². The van der Waals surface area contributed by atoms with Gasteiger partial charge in [-0.25, -0.2) is 0 Å². The molecule has 19 heavy (non-hydrogen) atoms. The van der Waals surface area contributed by atoms with Gasteiger partial charge >= 0.3 is 0 Å². The van der Waals surface area contributed by atoms with E-state index in [-0.39, 0.29) is 0 Å². The fraction of sp³-hybridized carbons (Fsp3) is 0.267. The summed E-state index contributed by atoms with van der Waals surface area (Å²) in [6, 6.07) is 9.63. The molecule has 0 aliphatic carbocycles. The molecule has 4 heteroatoms. The van der Waals surface area contributed by atoms with Gasteiger partial charge in [0.05, 0.1) is 30.7 Å². The number of hydrogen-bond acceptors (Lipinski definition) is 4. The maximum Gasteiger partial charge on any atom is 0.121 e. The third-order valence-electron chi connectivity index (χ3n) is 3.07. The van der Waals surface area contributed by atoms with E-state index in [1.54, 1.807) is 7.11 Å². The molecule has 0 aliphatic heterocycles. The van der Waals surface area contributed by atoms with E-state index >= 15 is 0 Å². The molecule has 0 aliphatic rings. The molecular formula is C15H19N3O. The van der Waals surface area contributed by atoms with E-state index in [2.05, 4.69) is 23.3 Å². The summed E-state index contributed by atoms with van der Waals surface area (Å²) in [5.74, 6) is 0.786. The zero-order chi connectivity index (χ0) is 13.7. The predicted molar refractivity (Wildman–Crippen MR) is 78.3 cm³/mol. The first-order valence-electron chi connectivity index (χ1n) is 6.34. The molecule has 2 rings (SSSR count). The molecule has 100 valence electrons. The van der Waals surface area contributed by atoms with Crippen molar-refractivity contribution < 1.29 is 4.74 Å². The van der Waals surface area contributed by atoms with Crippen LogP contribution in [0.5, 0.6) is 5.75 Å². The largest absolute Gasteiger partial charge is 0.497 e. The number of nitrogen functional groups attached to an aromatic ring is 1. The topological polar surface area (TPSA) is 60.2 Å². The molecule has 0 radical (unpaired) electrons. The fourth-order valence-corrected chi connectivity index (χ4v) is 1.95. The van der Waals surface area contributed by atoms with Crippen LogP contribution in [-0.4, -0.2) is 12.1 Å². The first-order valence-corrected chi connectivity index (χ1v) is 6.34. The molecule has 1 aromatic heterocycles. The lowest BCUT2D eigenvalue weighted by Gasteiger charge is -2.12. The molecule has 0 amide bonds. The first kappa shape index (κ1) is 13.2. The number of pyridine rings is 1. The summed E-state index contributed by atoms with van der Waals surface area (Å²) in [6.07, 6.45) is 2.78. The SMILES string of the molecule is CCc1cccnc1CNc1cc(OC)ccc1N. The second-order valence-electron chi connectivity index (χ2n) is 4.27. The monoisotopic (exact) mass is 257 g/mol. The Kier molecular flexibility index (Phi) is 4.23. The van der Waals surface area contributed by atoms with E-state index in [0.29, 0.717) is 12.2 Å². The number of nitrogens with zero attached hydrogens (tertiary/aromatic N) is 1. The summed E-state index contributed by atoms with van der Waals surface area (Å²) in [6.45, 7) is 2.78. The zero-order valence-electron chi connectivity index (χ0n) is 11.3. The lowest BCUT2D eigenvalue weighted by Crippen LogP contribution is -2.06. The second-order valence-corrected chi connectivity index (χ2v) is 4.27. The van der Waals surface area contributed by atoms with Crippen molar-refractivity contribution in [1.82, 2.24) is 4.98 Å². The Morgan fingerprint density at radius 1 is 1.32 bits per heavy atom. The normalized spacial score (nSPS) is 10.2. The minimum Gasteiger partial charge on any atom is -0.497 e. The highest BCUT2D eigenvalue weighted by Gasteiger charge is 2.04. The molecule has 0 unspecified atom stereocenters. The van der Waals surface area contributed by atoms with Gasteiger partial charge in [-0.2, -0.15) is 0 Å². The minimum absolute atomic E-state index is 0.654. The van der Waals surface area contributed by atoms with Crippen molar-refractivity contribution in [2.45, 2.75) is 19.9 Å². The number of nitrogens with two attached hydrogens (primary N) is 1. The van der Waals surface area contributed by atoms with Gasteiger partial charge in [0.15, 0.2) is 0 Å². The molecule has 2 aromatic rings. The Balaban J connectivity index is 2.14. The van der Waals surface area contributed by atoms with E-state index in [9.17, 15) is 0 Å². The van der Waals surface area contributed by atoms with Crippen LogP contribution in [0.1, 0.15) is 18.2 Å². The summed E-state index contributed by atoms with van der Waals surface area (Å²) < 4.78 is 5.20. The lowest BCUT2D eigenvalue weighted by atomic mass is 10.1. The molecule has 0 bridgehead atoms. The van der Waals surface area contributed by atoms with Crippen LogP contribution in [0.25, 0.3) is 0 Å². The van der Waals surface area contributed by atoms with Gasteiger partial charge in [0.1, 0.15) is 5.75 Å². The molecule has 3 N–H and O–H groups in total. The summed E-state index contributed by atoms with van der Waals surface area (Å²) in [4.78, 5) is 4.40. The highest BCUT2D eigenvalue weighted by molar-refractivity contribution is 5.68.